The maximum Gasteiger partial charge on any atom is 0.409 e. The van der Waals surface area contributed by atoms with E-state index in [1.165, 1.54) is 12.1 Å². The molecular weight excluding hydrogens is 340 g/mol. The van der Waals surface area contributed by atoms with Crippen molar-refractivity contribution in [2.24, 2.45) is 0 Å². The van der Waals surface area contributed by atoms with Gasteiger partial charge in [0.15, 0.2) is 0 Å². The molecule has 1 aromatic heterocycles. The van der Waals surface area contributed by atoms with Crippen LogP contribution in [0, 0.1) is 0 Å². The van der Waals surface area contributed by atoms with Gasteiger partial charge < -0.3 is 25.4 Å². The van der Waals surface area contributed by atoms with E-state index in [9.17, 15) is 14.4 Å². The van der Waals surface area contributed by atoms with Crippen molar-refractivity contribution in [2.75, 3.05) is 32.8 Å². The molecule has 0 radical (unpaired) electrons. The summed E-state index contributed by atoms with van der Waals surface area (Å²) in [5.74, 6) is -0.812. The van der Waals surface area contributed by atoms with E-state index < -0.39 is 5.91 Å². The number of pyridine rings is 1. The summed E-state index contributed by atoms with van der Waals surface area (Å²) in [7, 11) is 0. The molecule has 9 nitrogen and oxygen atoms in total. The van der Waals surface area contributed by atoms with Gasteiger partial charge in [0.25, 0.3) is 11.8 Å². The summed E-state index contributed by atoms with van der Waals surface area (Å²) in [5, 5.41) is 14.1. The van der Waals surface area contributed by atoms with E-state index in [0.29, 0.717) is 32.5 Å². The molecule has 26 heavy (non-hydrogen) atoms. The van der Waals surface area contributed by atoms with Crippen molar-refractivity contribution in [3.63, 3.8) is 0 Å². The summed E-state index contributed by atoms with van der Waals surface area (Å²) in [6.45, 7) is 3.08. The molecule has 0 aromatic carbocycles. The van der Waals surface area contributed by atoms with Crippen molar-refractivity contribution in [1.82, 2.24) is 20.5 Å². The highest BCUT2D eigenvalue weighted by atomic mass is 16.6. The molecule has 0 bridgehead atoms. The zero-order valence-electron chi connectivity index (χ0n) is 14.7. The summed E-state index contributed by atoms with van der Waals surface area (Å²) in [4.78, 5) is 41.6. The molecule has 1 fully saturated rings. The Morgan fingerprint density at radius 3 is 2.50 bits per heavy atom. The zero-order valence-corrected chi connectivity index (χ0v) is 14.7. The molecule has 0 unspecified atom stereocenters. The number of nitrogens with one attached hydrogen (secondary N) is 2. The Hall–Kier alpha value is -2.68. The highest BCUT2D eigenvalue weighted by molar-refractivity contribution is 5.96. The van der Waals surface area contributed by atoms with Gasteiger partial charge in [0, 0.05) is 25.7 Å². The van der Waals surface area contributed by atoms with Gasteiger partial charge in [-0.2, -0.15) is 0 Å². The Balaban J connectivity index is 1.88. The predicted octanol–water partition coefficient (Wildman–Crippen LogP) is 0.154. The molecule has 0 spiro atoms. The largest absolute Gasteiger partial charge is 0.450 e. The molecule has 2 rings (SSSR count). The van der Waals surface area contributed by atoms with E-state index in [1.807, 2.05) is 0 Å². The summed E-state index contributed by atoms with van der Waals surface area (Å²) in [6, 6.07) is 4.55. The minimum absolute atomic E-state index is 0.0677. The van der Waals surface area contributed by atoms with Crippen molar-refractivity contribution < 1.29 is 24.2 Å². The van der Waals surface area contributed by atoms with Gasteiger partial charge in [-0.3, -0.25) is 9.59 Å². The predicted molar refractivity (Wildman–Crippen MR) is 92.7 cm³/mol. The van der Waals surface area contributed by atoms with Crippen LogP contribution in [0.4, 0.5) is 4.79 Å². The van der Waals surface area contributed by atoms with E-state index in [-0.39, 0.29) is 42.6 Å². The molecular formula is C17H24N4O5. The molecule has 0 saturated carbocycles. The molecule has 1 aliphatic rings. The number of ether oxygens (including phenoxy) is 1. The first-order chi connectivity index (χ1) is 12.5. The number of likely N-dealkylation sites (tertiary alicyclic amines) is 1. The number of piperidine rings is 1. The van der Waals surface area contributed by atoms with Crippen molar-refractivity contribution in [1.29, 1.82) is 0 Å². The Labute approximate surface area is 151 Å². The molecule has 142 valence electrons. The van der Waals surface area contributed by atoms with E-state index in [0.717, 1.165) is 0 Å². The van der Waals surface area contributed by atoms with Crippen LogP contribution in [0.25, 0.3) is 0 Å². The van der Waals surface area contributed by atoms with Crippen molar-refractivity contribution in [2.45, 2.75) is 25.8 Å². The summed E-state index contributed by atoms with van der Waals surface area (Å²) < 4.78 is 4.97. The first-order valence-corrected chi connectivity index (χ1v) is 8.63. The van der Waals surface area contributed by atoms with E-state index in [1.54, 1.807) is 17.9 Å². The molecule has 9 heteroatoms. The number of carbonyl (C=O) groups excluding carboxylic acids is 3. The van der Waals surface area contributed by atoms with Crippen LogP contribution in [-0.2, 0) is 4.74 Å². The third kappa shape index (κ3) is 5.41. The molecule has 1 saturated heterocycles. The number of hydrogen-bond donors (Lipinski definition) is 3. The molecule has 3 amide bonds. The van der Waals surface area contributed by atoms with Gasteiger partial charge in [-0.05, 0) is 31.9 Å². The first kappa shape index (κ1) is 19.6. The van der Waals surface area contributed by atoms with Crippen LogP contribution in [0.15, 0.2) is 18.2 Å². The first-order valence-electron chi connectivity index (χ1n) is 8.63. The number of amides is 3. The van der Waals surface area contributed by atoms with Gasteiger partial charge in [0.1, 0.15) is 11.4 Å². The molecule has 0 atom stereocenters. The zero-order chi connectivity index (χ0) is 18.9. The van der Waals surface area contributed by atoms with Crippen LogP contribution in [0.2, 0.25) is 0 Å². The number of hydrogen-bond acceptors (Lipinski definition) is 6. The number of aliphatic hydroxyl groups is 1. The smallest absolute Gasteiger partial charge is 0.409 e. The van der Waals surface area contributed by atoms with Crippen LogP contribution < -0.4 is 10.6 Å². The molecule has 1 aliphatic heterocycles. The fourth-order valence-corrected chi connectivity index (χ4v) is 2.63. The Bertz CT molecular complexity index is 644. The third-order valence-electron chi connectivity index (χ3n) is 3.97. The van der Waals surface area contributed by atoms with Gasteiger partial charge in [-0.15, -0.1) is 0 Å². The SMILES string of the molecule is CCOC(=O)N1CCC(NC(=O)c2cccc(C(=O)NCCO)n2)CC1. The second-order valence-corrected chi connectivity index (χ2v) is 5.82. The number of aromatic nitrogens is 1. The number of aliphatic hydroxyl groups excluding tert-OH is 1. The van der Waals surface area contributed by atoms with E-state index >= 15 is 0 Å². The lowest BCUT2D eigenvalue weighted by Gasteiger charge is -2.31. The van der Waals surface area contributed by atoms with Gasteiger partial charge in [0.05, 0.1) is 13.2 Å². The van der Waals surface area contributed by atoms with E-state index in [2.05, 4.69) is 15.6 Å². The lowest BCUT2D eigenvalue weighted by Crippen LogP contribution is -2.46. The van der Waals surface area contributed by atoms with E-state index in [4.69, 9.17) is 9.84 Å². The number of nitrogens with zero attached hydrogens (tertiary/aromatic N) is 2. The fraction of sp³-hybridized carbons (Fsp3) is 0.529. The molecule has 3 N–H and O–H groups in total. The van der Waals surface area contributed by atoms with Gasteiger partial charge in [-0.1, -0.05) is 6.07 Å². The Morgan fingerprint density at radius 2 is 1.88 bits per heavy atom. The van der Waals surface area contributed by atoms with Crippen LogP contribution >= 0.6 is 0 Å². The topological polar surface area (TPSA) is 121 Å². The minimum Gasteiger partial charge on any atom is -0.450 e. The van der Waals surface area contributed by atoms with Gasteiger partial charge in [-0.25, -0.2) is 9.78 Å². The monoisotopic (exact) mass is 364 g/mol. The highest BCUT2D eigenvalue weighted by Crippen LogP contribution is 2.12. The van der Waals surface area contributed by atoms with Crippen molar-refractivity contribution in [3.05, 3.63) is 29.6 Å². The third-order valence-corrected chi connectivity index (χ3v) is 3.97. The fourth-order valence-electron chi connectivity index (χ4n) is 2.63. The van der Waals surface area contributed by atoms with Crippen molar-refractivity contribution >= 4 is 17.9 Å². The molecule has 2 heterocycles. The normalized spacial score (nSPS) is 14.6. The molecule has 1 aromatic rings. The van der Waals surface area contributed by atoms with Crippen LogP contribution in [-0.4, -0.2) is 71.8 Å². The second-order valence-electron chi connectivity index (χ2n) is 5.82. The number of carbonyl (C=O) groups is 3. The van der Waals surface area contributed by atoms with Gasteiger partial charge in [0.2, 0.25) is 0 Å². The average Bonchev–Trinajstić information content (AvgIpc) is 2.67. The quantitative estimate of drug-likeness (QED) is 0.661. The van der Waals surface area contributed by atoms with Crippen LogP contribution in [0.1, 0.15) is 40.7 Å². The minimum atomic E-state index is -0.448. The highest BCUT2D eigenvalue weighted by Gasteiger charge is 2.25. The standard InChI is InChI=1S/C17H24N4O5/c1-2-26-17(25)21-9-6-12(7-10-21)19-16(24)14-5-3-4-13(20-14)15(23)18-8-11-22/h3-5,12,22H,2,6-11H2,1H3,(H,18,23)(H,19,24). The summed E-state index contributed by atoms with van der Waals surface area (Å²) >= 11 is 0. The molecule has 0 aliphatic carbocycles. The van der Waals surface area contributed by atoms with Crippen LogP contribution in [0.3, 0.4) is 0 Å². The number of rotatable bonds is 6. The second kappa shape index (κ2) is 9.71. The maximum atomic E-state index is 12.4. The van der Waals surface area contributed by atoms with Crippen molar-refractivity contribution in [3.8, 4) is 0 Å². The Kier molecular flexibility index (Phi) is 7.34. The van der Waals surface area contributed by atoms with Crippen LogP contribution in [0.5, 0.6) is 0 Å². The average molecular weight is 364 g/mol. The van der Waals surface area contributed by atoms with Gasteiger partial charge >= 0.3 is 6.09 Å². The Morgan fingerprint density at radius 1 is 1.23 bits per heavy atom. The summed E-state index contributed by atoms with van der Waals surface area (Å²) in [5.41, 5.74) is 0.262. The lowest BCUT2D eigenvalue weighted by atomic mass is 10.1. The lowest BCUT2D eigenvalue weighted by molar-refractivity contribution is 0.0856. The summed E-state index contributed by atoms with van der Waals surface area (Å²) in [6.07, 6.45) is 0.920. The maximum absolute atomic E-state index is 12.4.